The van der Waals surface area contributed by atoms with Crippen molar-refractivity contribution in [2.75, 3.05) is 18.8 Å². The lowest BCUT2D eigenvalue weighted by Gasteiger charge is -2.39. The van der Waals surface area contributed by atoms with E-state index in [2.05, 4.69) is 18.7 Å². The Kier molecular flexibility index (Phi) is 4.59. The fraction of sp³-hybridized carbons (Fsp3) is 0.929. The van der Waals surface area contributed by atoms with E-state index in [9.17, 15) is 4.79 Å². The average Bonchev–Trinajstić information content (AvgIpc) is 2.51. The highest BCUT2D eigenvalue weighted by molar-refractivity contribution is 8.00. The van der Waals surface area contributed by atoms with Gasteiger partial charge in [-0.05, 0) is 26.7 Å². The molecule has 0 aromatic rings. The molecule has 1 aliphatic carbocycles. The maximum absolute atomic E-state index is 12.6. The summed E-state index contributed by atoms with van der Waals surface area (Å²) in [6.45, 7) is 6.23. The summed E-state index contributed by atoms with van der Waals surface area (Å²) in [5.41, 5.74) is 6.20. The van der Waals surface area contributed by atoms with Gasteiger partial charge in [-0.25, -0.2) is 0 Å². The van der Waals surface area contributed by atoms with E-state index < -0.39 is 0 Å². The number of hydrogen-bond acceptors (Lipinski definition) is 3. The van der Waals surface area contributed by atoms with Gasteiger partial charge in [-0.15, -0.1) is 0 Å². The Labute approximate surface area is 115 Å². The molecule has 1 amide bonds. The second-order valence-electron chi connectivity index (χ2n) is 6.28. The van der Waals surface area contributed by atoms with Crippen LogP contribution in [0.2, 0.25) is 0 Å². The summed E-state index contributed by atoms with van der Waals surface area (Å²) in [5, 5.41) is 0. The van der Waals surface area contributed by atoms with Crippen molar-refractivity contribution in [1.82, 2.24) is 4.90 Å². The van der Waals surface area contributed by atoms with Crippen LogP contribution in [-0.4, -0.2) is 40.4 Å². The van der Waals surface area contributed by atoms with Crippen LogP contribution < -0.4 is 5.73 Å². The zero-order valence-corrected chi connectivity index (χ0v) is 12.5. The molecule has 1 aliphatic heterocycles. The van der Waals surface area contributed by atoms with E-state index in [0.717, 1.165) is 38.1 Å². The Morgan fingerprint density at radius 3 is 2.72 bits per heavy atom. The molecule has 2 rings (SSSR count). The first kappa shape index (κ1) is 14.2. The normalized spacial score (nSPS) is 32.9. The van der Waals surface area contributed by atoms with Gasteiger partial charge in [-0.3, -0.25) is 4.79 Å². The fourth-order valence-electron chi connectivity index (χ4n) is 3.08. The summed E-state index contributed by atoms with van der Waals surface area (Å²) in [7, 11) is 0. The lowest BCUT2D eigenvalue weighted by molar-refractivity contribution is -0.136. The van der Waals surface area contributed by atoms with Crippen molar-refractivity contribution in [2.45, 2.75) is 56.7 Å². The van der Waals surface area contributed by atoms with Crippen LogP contribution in [0.25, 0.3) is 0 Å². The molecular formula is C14H26N2OS. The maximum Gasteiger partial charge on any atom is 0.227 e. The average molecular weight is 270 g/mol. The third kappa shape index (κ3) is 3.41. The first-order chi connectivity index (χ1) is 8.49. The maximum atomic E-state index is 12.6. The summed E-state index contributed by atoms with van der Waals surface area (Å²) < 4.78 is 0.197. The Bertz CT molecular complexity index is 306. The lowest BCUT2D eigenvalue weighted by Crippen LogP contribution is -2.51. The molecule has 104 valence electrons. The lowest BCUT2D eigenvalue weighted by atomic mass is 9.93. The van der Waals surface area contributed by atoms with Crippen LogP contribution >= 0.6 is 11.8 Å². The van der Waals surface area contributed by atoms with Crippen molar-refractivity contribution < 1.29 is 4.79 Å². The van der Waals surface area contributed by atoms with Crippen LogP contribution in [0.5, 0.6) is 0 Å². The number of amides is 1. The molecule has 0 aromatic carbocycles. The SMILES string of the molecule is CC1(C)CN(C(=O)C2CCCCCC2N)CCS1. The summed E-state index contributed by atoms with van der Waals surface area (Å²) in [6.07, 6.45) is 5.59. The van der Waals surface area contributed by atoms with Crippen LogP contribution in [-0.2, 0) is 4.79 Å². The van der Waals surface area contributed by atoms with E-state index >= 15 is 0 Å². The van der Waals surface area contributed by atoms with Gasteiger partial charge >= 0.3 is 0 Å². The summed E-state index contributed by atoms with van der Waals surface area (Å²) >= 11 is 1.97. The molecule has 2 atom stereocenters. The standard InChI is InChI=1S/C14H26N2OS/c1-14(2)10-16(8-9-18-14)13(17)11-6-4-3-5-7-12(11)15/h11-12H,3-10,15H2,1-2H3. The van der Waals surface area contributed by atoms with Crippen molar-refractivity contribution in [3.05, 3.63) is 0 Å². The Hall–Kier alpha value is -0.220. The molecule has 1 saturated heterocycles. The van der Waals surface area contributed by atoms with E-state index in [0.29, 0.717) is 5.91 Å². The molecule has 1 heterocycles. The number of hydrogen-bond donors (Lipinski definition) is 1. The molecule has 0 spiro atoms. The number of rotatable bonds is 1. The molecule has 18 heavy (non-hydrogen) atoms. The first-order valence-corrected chi connectivity index (χ1v) is 8.16. The zero-order chi connectivity index (χ0) is 13.2. The van der Waals surface area contributed by atoms with Crippen LogP contribution in [0, 0.1) is 5.92 Å². The zero-order valence-electron chi connectivity index (χ0n) is 11.7. The Morgan fingerprint density at radius 1 is 1.28 bits per heavy atom. The predicted octanol–water partition coefficient (Wildman–Crippen LogP) is 2.25. The molecule has 1 saturated carbocycles. The topological polar surface area (TPSA) is 46.3 Å². The molecular weight excluding hydrogens is 244 g/mol. The van der Waals surface area contributed by atoms with Crippen molar-refractivity contribution in [2.24, 2.45) is 11.7 Å². The Balaban J connectivity index is 2.00. The van der Waals surface area contributed by atoms with Gasteiger partial charge < -0.3 is 10.6 Å². The molecule has 2 N–H and O–H groups in total. The monoisotopic (exact) mass is 270 g/mol. The van der Waals surface area contributed by atoms with Gasteiger partial charge in [0, 0.05) is 29.6 Å². The van der Waals surface area contributed by atoms with Crippen molar-refractivity contribution in [3.8, 4) is 0 Å². The molecule has 2 unspecified atom stereocenters. The van der Waals surface area contributed by atoms with Crippen LogP contribution in [0.15, 0.2) is 0 Å². The van der Waals surface area contributed by atoms with Gasteiger partial charge in [-0.1, -0.05) is 19.3 Å². The van der Waals surface area contributed by atoms with Gasteiger partial charge in [0.25, 0.3) is 0 Å². The van der Waals surface area contributed by atoms with Crippen LogP contribution in [0.4, 0.5) is 0 Å². The number of carbonyl (C=O) groups excluding carboxylic acids is 1. The van der Waals surface area contributed by atoms with E-state index in [1.807, 2.05) is 11.8 Å². The molecule has 2 aliphatic rings. The molecule has 0 bridgehead atoms. The number of carbonyl (C=O) groups is 1. The molecule has 4 heteroatoms. The minimum absolute atomic E-state index is 0.0754. The highest BCUT2D eigenvalue weighted by atomic mass is 32.2. The highest BCUT2D eigenvalue weighted by Crippen LogP contribution is 2.32. The minimum atomic E-state index is 0.0754. The first-order valence-electron chi connectivity index (χ1n) is 7.18. The van der Waals surface area contributed by atoms with E-state index in [1.165, 1.54) is 12.8 Å². The van der Waals surface area contributed by atoms with Crippen molar-refractivity contribution >= 4 is 17.7 Å². The van der Waals surface area contributed by atoms with Gasteiger partial charge in [-0.2, -0.15) is 11.8 Å². The van der Waals surface area contributed by atoms with Gasteiger partial charge in [0.2, 0.25) is 5.91 Å². The van der Waals surface area contributed by atoms with E-state index in [1.54, 1.807) is 0 Å². The number of thioether (sulfide) groups is 1. The van der Waals surface area contributed by atoms with E-state index in [4.69, 9.17) is 5.73 Å². The third-order valence-electron chi connectivity index (χ3n) is 4.12. The van der Waals surface area contributed by atoms with Gasteiger partial charge in [0.05, 0.1) is 5.92 Å². The van der Waals surface area contributed by atoms with Crippen LogP contribution in [0.1, 0.15) is 46.0 Å². The second kappa shape index (κ2) is 5.83. The number of nitrogens with two attached hydrogens (primary N) is 1. The molecule has 0 radical (unpaired) electrons. The predicted molar refractivity (Wildman–Crippen MR) is 77.7 cm³/mol. The third-order valence-corrected chi connectivity index (χ3v) is 5.42. The molecule has 2 fully saturated rings. The largest absolute Gasteiger partial charge is 0.340 e. The second-order valence-corrected chi connectivity index (χ2v) is 8.08. The summed E-state index contributed by atoms with van der Waals surface area (Å²) in [4.78, 5) is 14.7. The van der Waals surface area contributed by atoms with Gasteiger partial charge in [0.15, 0.2) is 0 Å². The quantitative estimate of drug-likeness (QED) is 0.743. The van der Waals surface area contributed by atoms with Crippen molar-refractivity contribution in [1.29, 1.82) is 0 Å². The van der Waals surface area contributed by atoms with Crippen molar-refractivity contribution in [3.63, 3.8) is 0 Å². The minimum Gasteiger partial charge on any atom is -0.340 e. The highest BCUT2D eigenvalue weighted by Gasteiger charge is 2.35. The summed E-state index contributed by atoms with van der Waals surface area (Å²) in [6, 6.07) is 0.0812. The van der Waals surface area contributed by atoms with Gasteiger partial charge in [0.1, 0.15) is 0 Å². The Morgan fingerprint density at radius 2 is 2.00 bits per heavy atom. The fourth-order valence-corrected chi connectivity index (χ4v) is 4.19. The molecule has 3 nitrogen and oxygen atoms in total. The van der Waals surface area contributed by atoms with Crippen LogP contribution in [0.3, 0.4) is 0 Å². The summed E-state index contributed by atoms with van der Waals surface area (Å²) in [5.74, 6) is 1.45. The van der Waals surface area contributed by atoms with E-state index in [-0.39, 0.29) is 16.7 Å². The smallest absolute Gasteiger partial charge is 0.227 e. The molecule has 0 aromatic heterocycles. The number of nitrogens with zero attached hydrogens (tertiary/aromatic N) is 1.